The Labute approximate surface area is 164 Å². The van der Waals surface area contributed by atoms with E-state index in [1.807, 2.05) is 48.2 Å². The van der Waals surface area contributed by atoms with Gasteiger partial charge in [-0.25, -0.2) is 0 Å². The average Bonchev–Trinajstić information content (AvgIpc) is 3.13. The zero-order valence-electron chi connectivity index (χ0n) is 14.7. The number of benzene rings is 2. The van der Waals surface area contributed by atoms with Crippen molar-refractivity contribution in [3.63, 3.8) is 0 Å². The molecule has 0 amide bonds. The third-order valence-electron chi connectivity index (χ3n) is 4.60. The second-order valence-electron chi connectivity index (χ2n) is 6.49. The number of halogens is 1. The van der Waals surface area contributed by atoms with Crippen LogP contribution in [0.4, 0.5) is 5.69 Å². The molecular formula is C20H23ClN2O2S. The number of para-hydroxylation sites is 1. The smallest absolute Gasteiger partial charge is 0.173 e. The number of anilines is 1. The molecule has 2 aromatic carbocycles. The molecular weight excluding hydrogens is 368 g/mol. The number of nitrogens with one attached hydrogen (secondary N) is 1. The number of phenolic OH excluding ortho intramolecular Hbond substituents is 1. The minimum atomic E-state index is 0.154. The number of rotatable bonds is 5. The number of hydrogen-bond acceptors (Lipinski definition) is 3. The van der Waals surface area contributed by atoms with E-state index in [1.165, 1.54) is 0 Å². The molecule has 1 aliphatic rings. The molecule has 1 saturated heterocycles. The Bertz CT molecular complexity index is 778. The molecule has 0 bridgehead atoms. The van der Waals surface area contributed by atoms with Crippen LogP contribution in [-0.4, -0.2) is 34.4 Å². The summed E-state index contributed by atoms with van der Waals surface area (Å²) in [5, 5.41) is 14.7. The quantitative estimate of drug-likeness (QED) is 0.722. The van der Waals surface area contributed by atoms with Gasteiger partial charge in [-0.05, 0) is 55.7 Å². The molecule has 0 radical (unpaired) electrons. The first-order valence-corrected chi connectivity index (χ1v) is 9.52. The van der Waals surface area contributed by atoms with Crippen LogP contribution in [0.2, 0.25) is 5.02 Å². The molecule has 2 aromatic rings. The van der Waals surface area contributed by atoms with Crippen molar-refractivity contribution in [2.75, 3.05) is 18.5 Å². The largest absolute Gasteiger partial charge is 0.508 e. The number of aromatic hydroxyl groups is 1. The second kappa shape index (κ2) is 8.71. The molecule has 1 unspecified atom stereocenters. The van der Waals surface area contributed by atoms with Crippen molar-refractivity contribution in [2.24, 2.45) is 0 Å². The number of nitrogens with zero attached hydrogens (tertiary/aromatic N) is 1. The molecule has 6 heteroatoms. The van der Waals surface area contributed by atoms with Crippen molar-refractivity contribution in [3.05, 3.63) is 58.6 Å². The molecule has 1 atom stereocenters. The van der Waals surface area contributed by atoms with Gasteiger partial charge >= 0.3 is 0 Å². The predicted molar refractivity (Wildman–Crippen MR) is 110 cm³/mol. The van der Waals surface area contributed by atoms with E-state index in [2.05, 4.69) is 5.32 Å². The monoisotopic (exact) mass is 390 g/mol. The molecule has 2 N–H and O–H groups in total. The first kappa shape index (κ1) is 19.0. The van der Waals surface area contributed by atoms with Crippen LogP contribution in [0, 0.1) is 6.92 Å². The average molecular weight is 391 g/mol. The van der Waals surface area contributed by atoms with Gasteiger partial charge in [0.2, 0.25) is 0 Å². The van der Waals surface area contributed by atoms with Gasteiger partial charge in [-0.2, -0.15) is 0 Å². The Morgan fingerprint density at radius 1 is 1.31 bits per heavy atom. The van der Waals surface area contributed by atoms with E-state index >= 15 is 0 Å². The molecule has 0 spiro atoms. The van der Waals surface area contributed by atoms with E-state index in [9.17, 15) is 5.11 Å². The molecule has 1 aliphatic heterocycles. The molecule has 0 saturated carbocycles. The van der Waals surface area contributed by atoms with Crippen LogP contribution >= 0.6 is 23.8 Å². The fourth-order valence-corrected chi connectivity index (χ4v) is 3.46. The maximum absolute atomic E-state index is 10.1. The van der Waals surface area contributed by atoms with Gasteiger partial charge in [-0.1, -0.05) is 35.9 Å². The summed E-state index contributed by atoms with van der Waals surface area (Å²) in [5.74, 6) is 0.270. The van der Waals surface area contributed by atoms with Gasteiger partial charge in [-0.15, -0.1) is 0 Å². The summed E-state index contributed by atoms with van der Waals surface area (Å²) in [6.45, 7) is 3.95. The first-order valence-electron chi connectivity index (χ1n) is 8.74. The van der Waals surface area contributed by atoms with Crippen LogP contribution in [0.5, 0.6) is 5.75 Å². The highest BCUT2D eigenvalue weighted by Crippen LogP contribution is 2.25. The molecule has 3 rings (SSSR count). The first-order chi connectivity index (χ1) is 12.5. The van der Waals surface area contributed by atoms with Crippen LogP contribution in [0.15, 0.2) is 42.5 Å². The van der Waals surface area contributed by atoms with Gasteiger partial charge in [0.15, 0.2) is 5.11 Å². The Kier molecular flexibility index (Phi) is 6.35. The van der Waals surface area contributed by atoms with E-state index in [-0.39, 0.29) is 11.9 Å². The van der Waals surface area contributed by atoms with Gasteiger partial charge in [-0.3, -0.25) is 0 Å². The summed E-state index contributed by atoms with van der Waals surface area (Å²) < 4.78 is 5.78. The maximum Gasteiger partial charge on any atom is 0.173 e. The molecule has 138 valence electrons. The van der Waals surface area contributed by atoms with Crippen molar-refractivity contribution in [1.82, 2.24) is 4.90 Å². The fourth-order valence-electron chi connectivity index (χ4n) is 3.04. The van der Waals surface area contributed by atoms with Crippen molar-refractivity contribution < 1.29 is 9.84 Å². The van der Waals surface area contributed by atoms with E-state index in [1.54, 1.807) is 6.07 Å². The Balaban J connectivity index is 1.78. The summed E-state index contributed by atoms with van der Waals surface area (Å²) in [7, 11) is 0. The maximum atomic E-state index is 10.1. The van der Waals surface area contributed by atoms with Gasteiger partial charge in [0.05, 0.1) is 6.10 Å². The van der Waals surface area contributed by atoms with Crippen LogP contribution in [0.25, 0.3) is 0 Å². The number of thiocarbonyl (C=S) groups is 1. The minimum absolute atomic E-state index is 0.154. The number of hydrogen-bond donors (Lipinski definition) is 2. The molecule has 1 fully saturated rings. The van der Waals surface area contributed by atoms with Gasteiger partial charge in [0, 0.05) is 36.0 Å². The number of ether oxygens (including phenoxy) is 1. The Morgan fingerprint density at radius 3 is 2.85 bits per heavy atom. The zero-order valence-corrected chi connectivity index (χ0v) is 16.3. The van der Waals surface area contributed by atoms with Crippen LogP contribution in [-0.2, 0) is 11.3 Å². The summed E-state index contributed by atoms with van der Waals surface area (Å²) >= 11 is 11.9. The fraction of sp³-hybridized carbons (Fsp3) is 0.350. The molecule has 4 nitrogen and oxygen atoms in total. The summed E-state index contributed by atoms with van der Waals surface area (Å²) in [6.07, 6.45) is 2.25. The van der Waals surface area contributed by atoms with Crippen molar-refractivity contribution >= 4 is 34.6 Å². The van der Waals surface area contributed by atoms with Crippen molar-refractivity contribution in [3.8, 4) is 5.75 Å². The van der Waals surface area contributed by atoms with Crippen molar-refractivity contribution in [2.45, 2.75) is 32.4 Å². The van der Waals surface area contributed by atoms with Gasteiger partial charge in [0.25, 0.3) is 0 Å². The lowest BCUT2D eigenvalue weighted by molar-refractivity contribution is 0.0904. The number of phenols is 1. The van der Waals surface area contributed by atoms with Gasteiger partial charge in [0.1, 0.15) is 5.75 Å². The van der Waals surface area contributed by atoms with E-state index < -0.39 is 0 Å². The second-order valence-corrected chi connectivity index (χ2v) is 7.28. The van der Waals surface area contributed by atoms with E-state index in [0.29, 0.717) is 23.2 Å². The Hall–Kier alpha value is -1.82. The summed E-state index contributed by atoms with van der Waals surface area (Å²) in [4.78, 5) is 2.04. The normalized spacial score (nSPS) is 16.5. The van der Waals surface area contributed by atoms with Crippen LogP contribution < -0.4 is 5.32 Å². The molecule has 0 aliphatic carbocycles. The lowest BCUT2D eigenvalue weighted by Crippen LogP contribution is -2.39. The lowest BCUT2D eigenvalue weighted by Gasteiger charge is -2.29. The standard InChI is InChI=1S/C20H23ClN2O2S/c1-14-17(21)8-4-9-18(14)22-20(26)23(13-16-7-5-11-25-16)12-15-6-2-3-10-19(15)24/h2-4,6,8-10,16,24H,5,7,11-13H2,1H3,(H,22,26). The van der Waals surface area contributed by atoms with E-state index in [0.717, 1.165) is 36.3 Å². The highest BCUT2D eigenvalue weighted by atomic mass is 35.5. The predicted octanol–water partition coefficient (Wildman–Crippen LogP) is 4.73. The molecule has 0 aromatic heterocycles. The highest BCUT2D eigenvalue weighted by Gasteiger charge is 2.22. The molecule has 1 heterocycles. The topological polar surface area (TPSA) is 44.7 Å². The van der Waals surface area contributed by atoms with Crippen LogP contribution in [0.3, 0.4) is 0 Å². The minimum Gasteiger partial charge on any atom is -0.508 e. The van der Waals surface area contributed by atoms with Crippen LogP contribution in [0.1, 0.15) is 24.0 Å². The molecule has 26 heavy (non-hydrogen) atoms. The lowest BCUT2D eigenvalue weighted by atomic mass is 10.1. The zero-order chi connectivity index (χ0) is 18.5. The van der Waals surface area contributed by atoms with Gasteiger partial charge < -0.3 is 20.1 Å². The third kappa shape index (κ3) is 4.67. The van der Waals surface area contributed by atoms with Crippen molar-refractivity contribution in [1.29, 1.82) is 0 Å². The highest BCUT2D eigenvalue weighted by molar-refractivity contribution is 7.80. The SMILES string of the molecule is Cc1c(Cl)cccc1NC(=S)N(Cc1ccccc1O)CC1CCCO1. The summed E-state index contributed by atoms with van der Waals surface area (Å²) in [5.41, 5.74) is 2.67. The third-order valence-corrected chi connectivity index (χ3v) is 5.37. The van der Waals surface area contributed by atoms with E-state index in [4.69, 9.17) is 28.6 Å². The Morgan fingerprint density at radius 2 is 2.12 bits per heavy atom. The summed E-state index contributed by atoms with van der Waals surface area (Å²) in [6, 6.07) is 13.0.